The van der Waals surface area contributed by atoms with Gasteiger partial charge < -0.3 is 10.2 Å². The molecule has 1 saturated carbocycles. The Labute approximate surface area is 192 Å². The maximum absolute atomic E-state index is 14.3. The van der Waals surface area contributed by atoms with Gasteiger partial charge in [0.1, 0.15) is 11.6 Å². The molecule has 6 nitrogen and oxygen atoms in total. The number of benzene rings is 1. The second-order valence-electron chi connectivity index (χ2n) is 9.97. The van der Waals surface area contributed by atoms with Crippen LogP contribution in [-0.4, -0.2) is 47.0 Å². The highest BCUT2D eigenvalue weighted by Gasteiger charge is 2.57. The molecular weight excluding hydrogens is 426 g/mol. The van der Waals surface area contributed by atoms with Crippen molar-refractivity contribution in [3.05, 3.63) is 47.7 Å². The fraction of sp³-hybridized carbons (Fsp3) is 0.520. The van der Waals surface area contributed by atoms with Gasteiger partial charge in [0.2, 0.25) is 11.8 Å². The molecule has 1 saturated heterocycles. The van der Waals surface area contributed by atoms with Crippen molar-refractivity contribution in [3.63, 3.8) is 0 Å². The molecule has 1 aliphatic heterocycles. The summed E-state index contributed by atoms with van der Waals surface area (Å²) in [5.74, 6) is -1.56. The topological polar surface area (TPSA) is 75.2 Å². The van der Waals surface area contributed by atoms with Gasteiger partial charge in [0.25, 0.3) is 0 Å². The van der Waals surface area contributed by atoms with Gasteiger partial charge in [-0.15, -0.1) is 0 Å². The Hall–Kier alpha value is -2.90. The minimum atomic E-state index is -0.688. The Kier molecular flexibility index (Phi) is 5.97. The molecule has 33 heavy (non-hydrogen) atoms. The van der Waals surface area contributed by atoms with Gasteiger partial charge in [-0.2, -0.15) is 10.2 Å². The molecule has 2 fully saturated rings. The van der Waals surface area contributed by atoms with Gasteiger partial charge in [-0.3, -0.25) is 9.59 Å². The van der Waals surface area contributed by atoms with Gasteiger partial charge in [-0.05, 0) is 54.4 Å². The normalized spacial score (nSPS) is 26.4. The molecule has 1 N–H and O–H groups in total. The predicted molar refractivity (Wildman–Crippen MR) is 120 cm³/mol. The minimum Gasteiger partial charge on any atom is -0.359 e. The smallest absolute Gasteiger partial charge is 0.229 e. The monoisotopic (exact) mass is 456 g/mol. The van der Waals surface area contributed by atoms with E-state index in [-0.39, 0.29) is 34.9 Å². The van der Waals surface area contributed by atoms with Crippen molar-refractivity contribution < 1.29 is 18.4 Å². The maximum atomic E-state index is 14.3. The quantitative estimate of drug-likeness (QED) is 0.757. The number of nitrogens with one attached hydrogen (secondary N) is 1. The molecule has 0 bridgehead atoms. The van der Waals surface area contributed by atoms with Crippen LogP contribution in [0.3, 0.4) is 0 Å². The molecule has 8 heteroatoms. The van der Waals surface area contributed by atoms with Crippen molar-refractivity contribution in [1.29, 1.82) is 0 Å². The van der Waals surface area contributed by atoms with Crippen LogP contribution in [0.1, 0.15) is 51.5 Å². The molecule has 1 unspecified atom stereocenters. The van der Waals surface area contributed by atoms with Crippen LogP contribution in [0.25, 0.3) is 11.3 Å². The van der Waals surface area contributed by atoms with Crippen LogP contribution in [0.5, 0.6) is 0 Å². The third-order valence-electron chi connectivity index (χ3n) is 8.09. The summed E-state index contributed by atoms with van der Waals surface area (Å²) < 4.78 is 28.7. The van der Waals surface area contributed by atoms with E-state index in [4.69, 9.17) is 0 Å². The summed E-state index contributed by atoms with van der Waals surface area (Å²) in [5, 5.41) is 10.7. The SMILES string of the molecule is CNC(=O)C1CCN(C(=O)[C@@]2(C)CC[C@H](c3cnnc(-c4c(F)cccc4F)c3)C2(C)C)C1. The lowest BCUT2D eigenvalue weighted by molar-refractivity contribution is -0.146. The second kappa shape index (κ2) is 8.47. The molecule has 176 valence electrons. The van der Waals surface area contributed by atoms with Crippen LogP contribution in [-0.2, 0) is 9.59 Å². The van der Waals surface area contributed by atoms with Crippen molar-refractivity contribution in [3.8, 4) is 11.3 Å². The number of halogens is 2. The minimum absolute atomic E-state index is 0.0326. The standard InChI is InChI=1S/C25H30F2N4O2/c1-24(2)17(16-12-20(30-29-13-16)21-18(26)6-5-7-19(21)27)8-10-25(24,3)23(33)31-11-9-15(14-31)22(32)28-4/h5-7,12-13,15,17H,8-11,14H2,1-4H3,(H,28,32)/t15?,17-,25-/m1/s1. The van der Waals surface area contributed by atoms with Crippen LogP contribution >= 0.6 is 0 Å². The highest BCUT2D eigenvalue weighted by Crippen LogP contribution is 2.60. The number of nitrogens with zero attached hydrogens (tertiary/aromatic N) is 3. The fourth-order valence-electron chi connectivity index (χ4n) is 5.62. The summed E-state index contributed by atoms with van der Waals surface area (Å²) >= 11 is 0. The average molecular weight is 457 g/mol. The van der Waals surface area contributed by atoms with E-state index in [1.54, 1.807) is 19.3 Å². The van der Waals surface area contributed by atoms with E-state index >= 15 is 0 Å². The van der Waals surface area contributed by atoms with Gasteiger partial charge >= 0.3 is 0 Å². The van der Waals surface area contributed by atoms with Crippen LogP contribution in [0, 0.1) is 28.4 Å². The van der Waals surface area contributed by atoms with Gasteiger partial charge in [-0.1, -0.05) is 26.8 Å². The summed E-state index contributed by atoms with van der Waals surface area (Å²) in [6, 6.07) is 5.40. The first-order valence-electron chi connectivity index (χ1n) is 11.4. The highest BCUT2D eigenvalue weighted by molar-refractivity contribution is 5.86. The highest BCUT2D eigenvalue weighted by atomic mass is 19.1. The number of carbonyl (C=O) groups excluding carboxylic acids is 2. The van der Waals surface area contributed by atoms with Gasteiger partial charge in [0, 0.05) is 20.1 Å². The van der Waals surface area contributed by atoms with Crippen molar-refractivity contribution in [2.45, 2.75) is 46.0 Å². The Bertz CT molecular complexity index is 1070. The first-order chi connectivity index (χ1) is 15.6. The maximum Gasteiger partial charge on any atom is 0.229 e. The van der Waals surface area contributed by atoms with Crippen LogP contribution in [0.15, 0.2) is 30.5 Å². The molecule has 0 radical (unpaired) electrons. The number of rotatable bonds is 4. The number of aromatic nitrogens is 2. The molecular formula is C25H30F2N4O2. The Morgan fingerprint density at radius 2 is 1.85 bits per heavy atom. The summed E-state index contributed by atoms with van der Waals surface area (Å²) in [7, 11) is 1.61. The fourth-order valence-corrected chi connectivity index (χ4v) is 5.62. The second-order valence-corrected chi connectivity index (χ2v) is 9.97. The largest absolute Gasteiger partial charge is 0.359 e. The van der Waals surface area contributed by atoms with E-state index in [1.165, 1.54) is 18.2 Å². The molecule has 2 heterocycles. The van der Waals surface area contributed by atoms with E-state index in [0.717, 1.165) is 12.0 Å². The number of carbonyl (C=O) groups is 2. The predicted octanol–water partition coefficient (Wildman–Crippen LogP) is 3.93. The number of likely N-dealkylation sites (tertiary alicyclic amines) is 1. The zero-order valence-electron chi connectivity index (χ0n) is 19.5. The van der Waals surface area contributed by atoms with Gasteiger partial charge in [-0.25, -0.2) is 8.78 Å². The van der Waals surface area contributed by atoms with Crippen LogP contribution < -0.4 is 5.32 Å². The van der Waals surface area contributed by atoms with Crippen molar-refractivity contribution in [1.82, 2.24) is 20.4 Å². The van der Waals surface area contributed by atoms with Crippen LogP contribution in [0.2, 0.25) is 0 Å². The van der Waals surface area contributed by atoms with Crippen molar-refractivity contribution >= 4 is 11.8 Å². The molecule has 4 rings (SSSR count). The summed E-state index contributed by atoms with van der Waals surface area (Å²) in [6.45, 7) is 7.13. The Morgan fingerprint density at radius 3 is 2.52 bits per heavy atom. The average Bonchev–Trinajstić information content (AvgIpc) is 3.36. The number of amides is 2. The van der Waals surface area contributed by atoms with Gasteiger partial charge in [0.05, 0.1) is 28.8 Å². The van der Waals surface area contributed by atoms with Crippen LogP contribution in [0.4, 0.5) is 8.78 Å². The molecule has 3 atom stereocenters. The number of hydrogen-bond donors (Lipinski definition) is 1. The Morgan fingerprint density at radius 1 is 1.15 bits per heavy atom. The lowest BCUT2D eigenvalue weighted by Crippen LogP contribution is -2.48. The van der Waals surface area contributed by atoms with Crippen molar-refractivity contribution in [2.75, 3.05) is 20.1 Å². The summed E-state index contributed by atoms with van der Waals surface area (Å²) in [5.41, 5.74) is -0.315. The van der Waals surface area contributed by atoms with E-state index in [9.17, 15) is 18.4 Å². The molecule has 2 aromatic rings. The third-order valence-corrected chi connectivity index (χ3v) is 8.09. The van der Waals surface area contributed by atoms with E-state index in [1.807, 2.05) is 11.8 Å². The summed E-state index contributed by atoms with van der Waals surface area (Å²) in [6.07, 6.45) is 3.71. The lowest BCUT2D eigenvalue weighted by Gasteiger charge is -2.42. The Balaban J connectivity index is 1.61. The third kappa shape index (κ3) is 3.79. The molecule has 0 spiro atoms. The van der Waals surface area contributed by atoms with E-state index in [0.29, 0.717) is 25.9 Å². The number of hydrogen-bond acceptors (Lipinski definition) is 4. The van der Waals surface area contributed by atoms with E-state index < -0.39 is 22.5 Å². The molecule has 2 aliphatic rings. The molecule has 1 aromatic carbocycles. The zero-order valence-corrected chi connectivity index (χ0v) is 19.5. The first-order valence-corrected chi connectivity index (χ1v) is 11.4. The molecule has 1 aromatic heterocycles. The molecule has 2 amide bonds. The van der Waals surface area contributed by atoms with E-state index in [2.05, 4.69) is 29.4 Å². The lowest BCUT2D eigenvalue weighted by atomic mass is 9.63. The zero-order chi connectivity index (χ0) is 24.0. The summed E-state index contributed by atoms with van der Waals surface area (Å²) in [4.78, 5) is 27.5. The molecule has 1 aliphatic carbocycles. The van der Waals surface area contributed by atoms with Gasteiger partial charge in [0.15, 0.2) is 0 Å². The van der Waals surface area contributed by atoms with Crippen molar-refractivity contribution in [2.24, 2.45) is 16.7 Å². The first kappa shape index (κ1) is 23.3.